The van der Waals surface area contributed by atoms with Gasteiger partial charge in [0.2, 0.25) is 0 Å². The molecular formula is C13H19NO3. The second-order valence-corrected chi connectivity index (χ2v) is 4.00. The van der Waals surface area contributed by atoms with Crippen LogP contribution in [0.3, 0.4) is 0 Å². The molecule has 0 aromatic heterocycles. The summed E-state index contributed by atoms with van der Waals surface area (Å²) >= 11 is 0. The third-order valence-electron chi connectivity index (χ3n) is 2.64. The van der Waals surface area contributed by atoms with Crippen LogP contribution >= 0.6 is 0 Å². The molecule has 0 aliphatic carbocycles. The fraction of sp³-hybridized carbons (Fsp3) is 0.462. The van der Waals surface area contributed by atoms with Crippen molar-refractivity contribution in [2.24, 2.45) is 0 Å². The van der Waals surface area contributed by atoms with Crippen molar-refractivity contribution < 1.29 is 14.6 Å². The van der Waals surface area contributed by atoms with Gasteiger partial charge < -0.3 is 15.2 Å². The molecule has 0 saturated heterocycles. The number of hydrogen-bond acceptors (Lipinski definition) is 3. The van der Waals surface area contributed by atoms with Crippen LogP contribution in [0.25, 0.3) is 0 Å². The Labute approximate surface area is 102 Å². The Morgan fingerprint density at radius 3 is 2.71 bits per heavy atom. The molecule has 2 N–H and O–H groups in total. The lowest BCUT2D eigenvalue weighted by atomic mass is 10.1. The lowest BCUT2D eigenvalue weighted by Gasteiger charge is -2.17. The number of carboxylic acid groups (broad SMARTS) is 1. The van der Waals surface area contributed by atoms with E-state index in [1.165, 1.54) is 0 Å². The van der Waals surface area contributed by atoms with Gasteiger partial charge in [0.25, 0.3) is 0 Å². The summed E-state index contributed by atoms with van der Waals surface area (Å²) < 4.78 is 5.11. The van der Waals surface area contributed by atoms with Crippen molar-refractivity contribution in [1.82, 2.24) is 0 Å². The van der Waals surface area contributed by atoms with Crippen LogP contribution in [-0.4, -0.2) is 24.2 Å². The molecule has 0 fully saturated rings. The van der Waals surface area contributed by atoms with Gasteiger partial charge in [-0.3, -0.25) is 0 Å². The topological polar surface area (TPSA) is 58.6 Å². The number of methoxy groups -OCH3 is 1. The van der Waals surface area contributed by atoms with Crippen molar-refractivity contribution in [2.45, 2.75) is 32.7 Å². The van der Waals surface area contributed by atoms with E-state index >= 15 is 0 Å². The largest absolute Gasteiger partial charge is 0.497 e. The monoisotopic (exact) mass is 237 g/mol. The second-order valence-electron chi connectivity index (χ2n) is 4.00. The van der Waals surface area contributed by atoms with E-state index in [4.69, 9.17) is 9.84 Å². The second kappa shape index (κ2) is 6.13. The van der Waals surface area contributed by atoms with Crippen LogP contribution in [-0.2, 0) is 4.79 Å². The molecule has 94 valence electrons. The molecule has 1 rings (SSSR count). The van der Waals surface area contributed by atoms with Gasteiger partial charge in [0.05, 0.1) is 7.11 Å². The zero-order chi connectivity index (χ0) is 12.8. The van der Waals surface area contributed by atoms with Crippen LogP contribution in [0.2, 0.25) is 0 Å². The van der Waals surface area contributed by atoms with Crippen molar-refractivity contribution in [1.29, 1.82) is 0 Å². The fourth-order valence-corrected chi connectivity index (χ4v) is 1.66. The van der Waals surface area contributed by atoms with Crippen LogP contribution in [0.15, 0.2) is 18.2 Å². The summed E-state index contributed by atoms with van der Waals surface area (Å²) in [4.78, 5) is 11.0. The molecule has 0 aliphatic rings. The van der Waals surface area contributed by atoms with Crippen molar-refractivity contribution in [2.75, 3.05) is 12.4 Å². The van der Waals surface area contributed by atoms with E-state index in [2.05, 4.69) is 5.32 Å². The Balaban J connectivity index is 2.82. The number of rotatable bonds is 6. The minimum Gasteiger partial charge on any atom is -0.497 e. The van der Waals surface area contributed by atoms with Crippen LogP contribution in [0, 0.1) is 6.92 Å². The molecule has 0 aliphatic heterocycles. The molecular weight excluding hydrogens is 218 g/mol. The average molecular weight is 237 g/mol. The smallest absolute Gasteiger partial charge is 0.326 e. The number of aliphatic carboxylic acids is 1. The van der Waals surface area contributed by atoms with Gasteiger partial charge in [0.1, 0.15) is 11.8 Å². The zero-order valence-electron chi connectivity index (χ0n) is 10.5. The molecule has 0 bridgehead atoms. The van der Waals surface area contributed by atoms with Gasteiger partial charge in [-0.05, 0) is 37.1 Å². The number of hydrogen-bond donors (Lipinski definition) is 2. The van der Waals surface area contributed by atoms with E-state index in [-0.39, 0.29) is 0 Å². The number of carboxylic acids is 1. The molecule has 1 aromatic rings. The van der Waals surface area contributed by atoms with Crippen LogP contribution in [0.1, 0.15) is 25.3 Å². The standard InChI is InChI=1S/C13H19NO3/c1-4-5-12(13(15)16)14-11-7-6-10(17-3)8-9(11)2/h6-8,12,14H,4-5H2,1-3H3,(H,15,16). The van der Waals surface area contributed by atoms with Crippen LogP contribution < -0.4 is 10.1 Å². The Hall–Kier alpha value is -1.71. The van der Waals surface area contributed by atoms with E-state index < -0.39 is 12.0 Å². The van der Waals surface area contributed by atoms with E-state index in [0.29, 0.717) is 6.42 Å². The highest BCUT2D eigenvalue weighted by Gasteiger charge is 2.16. The molecule has 17 heavy (non-hydrogen) atoms. The summed E-state index contributed by atoms with van der Waals surface area (Å²) in [5.41, 5.74) is 1.82. The molecule has 0 spiro atoms. The Kier molecular flexibility index (Phi) is 4.82. The van der Waals surface area contributed by atoms with Gasteiger partial charge in [0.15, 0.2) is 0 Å². The van der Waals surface area contributed by atoms with E-state index in [0.717, 1.165) is 23.4 Å². The number of aryl methyl sites for hydroxylation is 1. The fourth-order valence-electron chi connectivity index (χ4n) is 1.66. The Morgan fingerprint density at radius 2 is 2.24 bits per heavy atom. The lowest BCUT2D eigenvalue weighted by Crippen LogP contribution is -2.29. The summed E-state index contributed by atoms with van der Waals surface area (Å²) in [5.74, 6) is -0.0440. The molecule has 1 atom stereocenters. The van der Waals surface area contributed by atoms with Gasteiger partial charge in [-0.25, -0.2) is 4.79 Å². The Morgan fingerprint density at radius 1 is 1.53 bits per heavy atom. The predicted molar refractivity (Wildman–Crippen MR) is 67.7 cm³/mol. The lowest BCUT2D eigenvalue weighted by molar-refractivity contribution is -0.138. The van der Waals surface area contributed by atoms with Crippen LogP contribution in [0.5, 0.6) is 5.75 Å². The molecule has 1 unspecified atom stereocenters. The summed E-state index contributed by atoms with van der Waals surface area (Å²) in [7, 11) is 1.61. The van der Waals surface area contributed by atoms with Crippen molar-refractivity contribution in [3.63, 3.8) is 0 Å². The quantitative estimate of drug-likeness (QED) is 0.798. The first-order valence-corrected chi connectivity index (χ1v) is 5.72. The maximum Gasteiger partial charge on any atom is 0.326 e. The minimum absolute atomic E-state index is 0.535. The van der Waals surface area contributed by atoms with Crippen molar-refractivity contribution >= 4 is 11.7 Å². The normalized spacial score (nSPS) is 11.9. The third kappa shape index (κ3) is 3.66. The van der Waals surface area contributed by atoms with E-state index in [1.807, 2.05) is 32.0 Å². The molecule has 4 heteroatoms. The number of benzene rings is 1. The first kappa shape index (κ1) is 13.4. The highest BCUT2D eigenvalue weighted by molar-refractivity contribution is 5.77. The van der Waals surface area contributed by atoms with Gasteiger partial charge in [-0.15, -0.1) is 0 Å². The number of anilines is 1. The first-order valence-electron chi connectivity index (χ1n) is 5.72. The SMILES string of the molecule is CCCC(Nc1ccc(OC)cc1C)C(=O)O. The van der Waals surface area contributed by atoms with Gasteiger partial charge in [-0.2, -0.15) is 0 Å². The molecule has 4 nitrogen and oxygen atoms in total. The van der Waals surface area contributed by atoms with Gasteiger partial charge in [0, 0.05) is 5.69 Å². The summed E-state index contributed by atoms with van der Waals surface area (Å²) in [6, 6.07) is 5.01. The number of carbonyl (C=O) groups is 1. The summed E-state index contributed by atoms with van der Waals surface area (Å²) in [6.07, 6.45) is 1.44. The van der Waals surface area contributed by atoms with E-state index in [9.17, 15) is 4.79 Å². The maximum absolute atomic E-state index is 11.0. The molecule has 0 heterocycles. The predicted octanol–water partition coefficient (Wildman–Crippen LogP) is 2.67. The molecule has 0 amide bonds. The van der Waals surface area contributed by atoms with Crippen molar-refractivity contribution in [3.05, 3.63) is 23.8 Å². The highest BCUT2D eigenvalue weighted by atomic mass is 16.5. The highest BCUT2D eigenvalue weighted by Crippen LogP contribution is 2.22. The van der Waals surface area contributed by atoms with Crippen molar-refractivity contribution in [3.8, 4) is 5.75 Å². The number of nitrogens with one attached hydrogen (secondary N) is 1. The molecule has 0 saturated carbocycles. The summed E-state index contributed by atoms with van der Waals surface area (Å²) in [5, 5.41) is 12.1. The van der Waals surface area contributed by atoms with Crippen LogP contribution in [0.4, 0.5) is 5.69 Å². The summed E-state index contributed by atoms with van der Waals surface area (Å²) in [6.45, 7) is 3.90. The molecule has 1 aromatic carbocycles. The first-order chi connectivity index (χ1) is 8.08. The third-order valence-corrected chi connectivity index (χ3v) is 2.64. The molecule has 0 radical (unpaired) electrons. The Bertz CT molecular complexity index is 390. The maximum atomic E-state index is 11.0. The van der Waals surface area contributed by atoms with Gasteiger partial charge in [-0.1, -0.05) is 13.3 Å². The van der Waals surface area contributed by atoms with E-state index in [1.54, 1.807) is 7.11 Å². The van der Waals surface area contributed by atoms with Gasteiger partial charge >= 0.3 is 5.97 Å². The minimum atomic E-state index is -0.818. The zero-order valence-corrected chi connectivity index (χ0v) is 10.5. The average Bonchev–Trinajstić information content (AvgIpc) is 2.30. The number of ether oxygens (including phenoxy) is 1.